The summed E-state index contributed by atoms with van der Waals surface area (Å²) >= 11 is 0. The number of hydrogen-bond donors (Lipinski definition) is 1. The first-order chi connectivity index (χ1) is 11.1. The monoisotopic (exact) mass is 318 g/mol. The number of carbonyl (C=O) groups excluding carboxylic acids is 1. The van der Waals surface area contributed by atoms with Crippen molar-refractivity contribution in [2.45, 2.75) is 51.6 Å². The Morgan fingerprint density at radius 1 is 1.43 bits per heavy atom. The van der Waals surface area contributed by atoms with E-state index in [1.807, 2.05) is 6.07 Å². The van der Waals surface area contributed by atoms with Crippen molar-refractivity contribution in [3.05, 3.63) is 41.0 Å². The quantitative estimate of drug-likeness (QED) is 0.631. The zero-order valence-electron chi connectivity index (χ0n) is 14.2. The number of benzene rings is 1. The number of carbonyl (C=O) groups is 1. The molecule has 0 fully saturated rings. The molecule has 0 aliphatic heterocycles. The number of esters is 1. The lowest BCUT2D eigenvalue weighted by molar-refractivity contribution is 0.0311. The summed E-state index contributed by atoms with van der Waals surface area (Å²) in [5.41, 5.74) is 2.28. The van der Waals surface area contributed by atoms with Gasteiger partial charge in [0.2, 0.25) is 0 Å². The standard InChI is InChI=1S/C19H26O4/c1-4-13(2)14-9-10-17(20)16(11-14)19(21)23-18-8-6-5-7-15(18)12-22-3/h7,9-11,13,18,20H,4-6,8,12H2,1-3H3. The summed E-state index contributed by atoms with van der Waals surface area (Å²) in [5, 5.41) is 10.0. The first-order valence-corrected chi connectivity index (χ1v) is 8.28. The summed E-state index contributed by atoms with van der Waals surface area (Å²) in [7, 11) is 1.63. The fraction of sp³-hybridized carbons (Fsp3) is 0.526. The van der Waals surface area contributed by atoms with Crippen LogP contribution in [0.4, 0.5) is 0 Å². The first kappa shape index (κ1) is 17.5. The number of hydrogen-bond acceptors (Lipinski definition) is 4. The number of phenolic OH excluding ortho intramolecular Hbond substituents is 1. The molecule has 0 bridgehead atoms. The lowest BCUT2D eigenvalue weighted by Gasteiger charge is -2.24. The fourth-order valence-corrected chi connectivity index (χ4v) is 2.81. The van der Waals surface area contributed by atoms with E-state index >= 15 is 0 Å². The number of ether oxygens (including phenoxy) is 2. The molecule has 4 heteroatoms. The predicted molar refractivity (Wildman–Crippen MR) is 89.8 cm³/mol. The third-order valence-corrected chi connectivity index (χ3v) is 4.47. The van der Waals surface area contributed by atoms with E-state index in [2.05, 4.69) is 19.9 Å². The van der Waals surface area contributed by atoms with E-state index in [9.17, 15) is 9.90 Å². The van der Waals surface area contributed by atoms with Crippen molar-refractivity contribution in [1.29, 1.82) is 0 Å². The van der Waals surface area contributed by atoms with Crippen LogP contribution in [0.25, 0.3) is 0 Å². The summed E-state index contributed by atoms with van der Waals surface area (Å²) < 4.78 is 10.8. The average molecular weight is 318 g/mol. The maximum atomic E-state index is 12.5. The van der Waals surface area contributed by atoms with Crippen LogP contribution in [0, 0.1) is 0 Å². The van der Waals surface area contributed by atoms with E-state index in [0.717, 1.165) is 36.8 Å². The number of aromatic hydroxyl groups is 1. The second kappa shape index (κ2) is 8.16. The maximum absolute atomic E-state index is 12.5. The Hall–Kier alpha value is -1.81. The summed E-state index contributed by atoms with van der Waals surface area (Å²) in [6, 6.07) is 5.18. The van der Waals surface area contributed by atoms with Gasteiger partial charge < -0.3 is 14.6 Å². The molecule has 1 aliphatic rings. The SMILES string of the molecule is CCC(C)c1ccc(O)c(C(=O)OC2CCCC=C2COC)c1. The molecule has 23 heavy (non-hydrogen) atoms. The fourth-order valence-electron chi connectivity index (χ4n) is 2.81. The van der Waals surface area contributed by atoms with Crippen LogP contribution in [0.5, 0.6) is 5.75 Å². The molecule has 1 aromatic carbocycles. The van der Waals surface area contributed by atoms with Crippen molar-refractivity contribution in [3.8, 4) is 5.75 Å². The van der Waals surface area contributed by atoms with Gasteiger partial charge in [-0.1, -0.05) is 26.0 Å². The minimum Gasteiger partial charge on any atom is -0.507 e. The molecule has 2 rings (SSSR count). The van der Waals surface area contributed by atoms with Crippen LogP contribution in [0.15, 0.2) is 29.8 Å². The zero-order valence-corrected chi connectivity index (χ0v) is 14.2. The van der Waals surface area contributed by atoms with Crippen molar-refractivity contribution in [2.24, 2.45) is 0 Å². The topological polar surface area (TPSA) is 55.8 Å². The molecule has 0 spiro atoms. The van der Waals surface area contributed by atoms with E-state index in [0.29, 0.717) is 12.5 Å². The van der Waals surface area contributed by atoms with E-state index in [-0.39, 0.29) is 17.4 Å². The summed E-state index contributed by atoms with van der Waals surface area (Å²) in [6.07, 6.45) is 5.57. The Morgan fingerprint density at radius 3 is 2.91 bits per heavy atom. The van der Waals surface area contributed by atoms with E-state index in [1.165, 1.54) is 0 Å². The molecule has 0 radical (unpaired) electrons. The highest BCUT2D eigenvalue weighted by Gasteiger charge is 2.24. The highest BCUT2D eigenvalue weighted by molar-refractivity contribution is 5.92. The highest BCUT2D eigenvalue weighted by atomic mass is 16.5. The van der Waals surface area contributed by atoms with Gasteiger partial charge in [0.1, 0.15) is 17.4 Å². The zero-order chi connectivity index (χ0) is 16.8. The van der Waals surface area contributed by atoms with Gasteiger partial charge in [0.25, 0.3) is 0 Å². The Bertz CT molecular complexity index is 577. The van der Waals surface area contributed by atoms with Gasteiger partial charge in [0, 0.05) is 7.11 Å². The largest absolute Gasteiger partial charge is 0.507 e. The van der Waals surface area contributed by atoms with Gasteiger partial charge >= 0.3 is 5.97 Å². The van der Waals surface area contributed by atoms with Crippen molar-refractivity contribution >= 4 is 5.97 Å². The van der Waals surface area contributed by atoms with Crippen molar-refractivity contribution < 1.29 is 19.4 Å². The van der Waals surface area contributed by atoms with E-state index < -0.39 is 5.97 Å². The molecule has 0 saturated heterocycles. The summed E-state index contributed by atoms with van der Waals surface area (Å²) in [5.74, 6) is -0.169. The van der Waals surface area contributed by atoms with Gasteiger partial charge in [-0.25, -0.2) is 4.79 Å². The normalized spacial score (nSPS) is 19.1. The lowest BCUT2D eigenvalue weighted by Crippen LogP contribution is -2.25. The number of phenols is 1. The molecule has 0 aromatic heterocycles. The molecule has 0 heterocycles. The van der Waals surface area contributed by atoms with Crippen LogP contribution in [0.3, 0.4) is 0 Å². The lowest BCUT2D eigenvalue weighted by atomic mass is 9.95. The van der Waals surface area contributed by atoms with Gasteiger partial charge in [0.15, 0.2) is 0 Å². The molecule has 126 valence electrons. The van der Waals surface area contributed by atoms with Crippen molar-refractivity contribution in [2.75, 3.05) is 13.7 Å². The highest BCUT2D eigenvalue weighted by Crippen LogP contribution is 2.28. The maximum Gasteiger partial charge on any atom is 0.342 e. The third kappa shape index (κ3) is 4.35. The van der Waals surface area contributed by atoms with E-state index in [1.54, 1.807) is 19.2 Å². The van der Waals surface area contributed by atoms with Crippen molar-refractivity contribution in [1.82, 2.24) is 0 Å². The number of methoxy groups -OCH3 is 1. The Balaban J connectivity index is 2.16. The predicted octanol–water partition coefficient (Wildman–Crippen LogP) is 4.19. The molecule has 2 unspecified atom stereocenters. The Labute approximate surface area is 138 Å². The molecule has 0 amide bonds. The molecule has 0 saturated carbocycles. The van der Waals surface area contributed by atoms with Gasteiger partial charge in [-0.3, -0.25) is 0 Å². The van der Waals surface area contributed by atoms with Gasteiger partial charge in [-0.05, 0) is 54.9 Å². The smallest absolute Gasteiger partial charge is 0.342 e. The van der Waals surface area contributed by atoms with Crippen molar-refractivity contribution in [3.63, 3.8) is 0 Å². The Morgan fingerprint density at radius 2 is 2.22 bits per heavy atom. The van der Waals surface area contributed by atoms with Crippen LogP contribution >= 0.6 is 0 Å². The third-order valence-electron chi connectivity index (χ3n) is 4.47. The number of allylic oxidation sites excluding steroid dienone is 1. The molecule has 2 atom stereocenters. The minimum absolute atomic E-state index is 0.0323. The molecular formula is C19H26O4. The first-order valence-electron chi connectivity index (χ1n) is 8.28. The molecule has 1 N–H and O–H groups in total. The molecule has 1 aromatic rings. The second-order valence-electron chi connectivity index (χ2n) is 6.12. The van der Waals surface area contributed by atoms with Crippen LogP contribution in [0.1, 0.15) is 61.4 Å². The molecular weight excluding hydrogens is 292 g/mol. The molecule has 1 aliphatic carbocycles. The Kier molecular flexibility index (Phi) is 6.22. The van der Waals surface area contributed by atoms with Gasteiger partial charge in [-0.2, -0.15) is 0 Å². The van der Waals surface area contributed by atoms with E-state index in [4.69, 9.17) is 9.47 Å². The van der Waals surface area contributed by atoms with Crippen LogP contribution < -0.4 is 0 Å². The summed E-state index contributed by atoms with van der Waals surface area (Å²) in [6.45, 7) is 4.66. The van der Waals surface area contributed by atoms with Gasteiger partial charge in [-0.15, -0.1) is 0 Å². The number of rotatable bonds is 6. The van der Waals surface area contributed by atoms with Gasteiger partial charge in [0.05, 0.1) is 6.61 Å². The average Bonchev–Trinajstić information content (AvgIpc) is 2.56. The molecule has 4 nitrogen and oxygen atoms in total. The van der Waals surface area contributed by atoms with Crippen LogP contribution in [-0.2, 0) is 9.47 Å². The van der Waals surface area contributed by atoms with Crippen LogP contribution in [0.2, 0.25) is 0 Å². The minimum atomic E-state index is -0.471. The van der Waals surface area contributed by atoms with Crippen LogP contribution in [-0.4, -0.2) is 30.9 Å². The second-order valence-corrected chi connectivity index (χ2v) is 6.12. The summed E-state index contributed by atoms with van der Waals surface area (Å²) in [4.78, 5) is 12.5.